The zero-order valence-electron chi connectivity index (χ0n) is 10.4. The number of hydrogen-bond acceptors (Lipinski definition) is 5. The van der Waals surface area contributed by atoms with Gasteiger partial charge in [-0.3, -0.25) is 19.7 Å². The van der Waals surface area contributed by atoms with Crippen LogP contribution in [-0.4, -0.2) is 23.4 Å². The lowest BCUT2D eigenvalue weighted by Crippen LogP contribution is -2.21. The number of ether oxygens (including phenoxy) is 1. The van der Waals surface area contributed by atoms with E-state index in [1.165, 1.54) is 18.2 Å². The van der Waals surface area contributed by atoms with Crippen LogP contribution in [0, 0.1) is 10.1 Å². The van der Waals surface area contributed by atoms with Gasteiger partial charge in [-0.05, 0) is 12.5 Å². The molecule has 19 heavy (non-hydrogen) atoms. The van der Waals surface area contributed by atoms with E-state index >= 15 is 0 Å². The van der Waals surface area contributed by atoms with Crippen LogP contribution < -0.4 is 5.32 Å². The highest BCUT2D eigenvalue weighted by Gasteiger charge is 2.15. The highest BCUT2D eigenvalue weighted by atomic mass is 16.6. The van der Waals surface area contributed by atoms with Gasteiger partial charge in [0.1, 0.15) is 5.69 Å². The van der Waals surface area contributed by atoms with Gasteiger partial charge >= 0.3 is 5.97 Å². The standard InChI is InChI=1S/C12H14N2O5/c1-2-5-12(16)19-8-11(15)13-9-6-3-4-7-10(9)14(17)18/h3-4,6-7H,2,5,8H2,1H3,(H,13,15). The molecule has 1 aromatic rings. The molecule has 7 nitrogen and oxygen atoms in total. The zero-order chi connectivity index (χ0) is 14.3. The summed E-state index contributed by atoms with van der Waals surface area (Å²) in [6, 6.07) is 5.74. The number of nitro groups is 1. The van der Waals surface area contributed by atoms with E-state index in [9.17, 15) is 19.7 Å². The number of carbonyl (C=O) groups is 2. The number of esters is 1. The molecule has 0 radical (unpaired) electrons. The van der Waals surface area contributed by atoms with Crippen LogP contribution in [0.4, 0.5) is 11.4 Å². The van der Waals surface area contributed by atoms with Gasteiger partial charge in [0, 0.05) is 12.5 Å². The third-order valence-electron chi connectivity index (χ3n) is 2.19. The number of rotatable bonds is 6. The third kappa shape index (κ3) is 4.74. The first-order valence-corrected chi connectivity index (χ1v) is 5.73. The second-order valence-electron chi connectivity index (χ2n) is 3.73. The molecule has 0 bridgehead atoms. The van der Waals surface area contributed by atoms with E-state index in [4.69, 9.17) is 4.74 Å². The first-order chi connectivity index (χ1) is 9.04. The number of nitro benzene ring substituents is 1. The number of carbonyl (C=O) groups excluding carboxylic acids is 2. The molecule has 7 heteroatoms. The highest BCUT2D eigenvalue weighted by Crippen LogP contribution is 2.22. The van der Waals surface area contributed by atoms with Crippen LogP contribution in [0.15, 0.2) is 24.3 Å². The number of benzene rings is 1. The molecule has 0 spiro atoms. The van der Waals surface area contributed by atoms with Crippen molar-refractivity contribution < 1.29 is 19.2 Å². The van der Waals surface area contributed by atoms with Gasteiger partial charge in [0.2, 0.25) is 0 Å². The van der Waals surface area contributed by atoms with Gasteiger partial charge < -0.3 is 10.1 Å². The van der Waals surface area contributed by atoms with E-state index in [-0.39, 0.29) is 17.8 Å². The molecule has 0 heterocycles. The molecule has 1 aromatic carbocycles. The van der Waals surface area contributed by atoms with Gasteiger partial charge in [-0.1, -0.05) is 19.1 Å². The van der Waals surface area contributed by atoms with Crippen molar-refractivity contribution in [3.05, 3.63) is 34.4 Å². The minimum Gasteiger partial charge on any atom is -0.456 e. The number of para-hydroxylation sites is 2. The molecule has 0 saturated carbocycles. The monoisotopic (exact) mass is 266 g/mol. The maximum Gasteiger partial charge on any atom is 0.306 e. The highest BCUT2D eigenvalue weighted by molar-refractivity contribution is 5.94. The number of anilines is 1. The SMILES string of the molecule is CCCC(=O)OCC(=O)Nc1ccccc1[N+](=O)[O-]. The summed E-state index contributed by atoms with van der Waals surface area (Å²) in [7, 11) is 0. The summed E-state index contributed by atoms with van der Waals surface area (Å²) in [4.78, 5) is 32.7. The van der Waals surface area contributed by atoms with Gasteiger partial charge in [-0.2, -0.15) is 0 Å². The Balaban J connectivity index is 2.58. The van der Waals surface area contributed by atoms with Gasteiger partial charge in [-0.15, -0.1) is 0 Å². The van der Waals surface area contributed by atoms with E-state index in [0.717, 1.165) is 0 Å². The van der Waals surface area contributed by atoms with E-state index in [2.05, 4.69) is 5.32 Å². The Morgan fingerprint density at radius 2 is 2.05 bits per heavy atom. The van der Waals surface area contributed by atoms with Crippen LogP contribution in [-0.2, 0) is 14.3 Å². The molecule has 0 aliphatic carbocycles. The lowest BCUT2D eigenvalue weighted by Gasteiger charge is -2.06. The number of nitrogens with one attached hydrogen (secondary N) is 1. The Hall–Kier alpha value is -2.44. The summed E-state index contributed by atoms with van der Waals surface area (Å²) in [5.74, 6) is -1.08. The lowest BCUT2D eigenvalue weighted by molar-refractivity contribution is -0.383. The van der Waals surface area contributed by atoms with Gasteiger partial charge in [0.25, 0.3) is 11.6 Å². The molecule has 1 amide bonds. The molecule has 0 atom stereocenters. The normalized spacial score (nSPS) is 9.74. The predicted molar refractivity (Wildman–Crippen MR) is 67.6 cm³/mol. The van der Waals surface area contributed by atoms with Gasteiger partial charge in [-0.25, -0.2) is 0 Å². The Morgan fingerprint density at radius 3 is 2.68 bits per heavy atom. The summed E-state index contributed by atoms with van der Waals surface area (Å²) in [5.41, 5.74) is -0.139. The first-order valence-electron chi connectivity index (χ1n) is 5.73. The zero-order valence-corrected chi connectivity index (χ0v) is 10.4. The van der Waals surface area contributed by atoms with Crippen molar-refractivity contribution in [1.82, 2.24) is 0 Å². The fraction of sp³-hybridized carbons (Fsp3) is 0.333. The second kappa shape index (κ2) is 7.10. The maximum atomic E-state index is 11.5. The molecule has 1 N–H and O–H groups in total. The molecule has 0 aromatic heterocycles. The van der Waals surface area contributed by atoms with Crippen LogP contribution in [0.1, 0.15) is 19.8 Å². The largest absolute Gasteiger partial charge is 0.456 e. The Labute approximate surface area is 109 Å². The van der Waals surface area contributed by atoms with Crippen molar-refractivity contribution >= 4 is 23.3 Å². The third-order valence-corrected chi connectivity index (χ3v) is 2.19. The molecule has 0 unspecified atom stereocenters. The number of amides is 1. The Morgan fingerprint density at radius 1 is 1.37 bits per heavy atom. The molecule has 0 fully saturated rings. The predicted octanol–water partition coefficient (Wildman–Crippen LogP) is 1.88. The van der Waals surface area contributed by atoms with Gasteiger partial charge in [0.15, 0.2) is 6.61 Å². The van der Waals surface area contributed by atoms with E-state index in [0.29, 0.717) is 6.42 Å². The maximum absolute atomic E-state index is 11.5. The van der Waals surface area contributed by atoms with Crippen molar-refractivity contribution in [2.24, 2.45) is 0 Å². The molecule has 1 rings (SSSR count). The summed E-state index contributed by atoms with van der Waals surface area (Å²) < 4.78 is 4.70. The summed E-state index contributed by atoms with van der Waals surface area (Å²) in [5, 5.41) is 13.1. The molecule has 0 aliphatic heterocycles. The minimum atomic E-state index is -0.612. The topological polar surface area (TPSA) is 98.5 Å². The average molecular weight is 266 g/mol. The van der Waals surface area contributed by atoms with Crippen molar-refractivity contribution in [2.75, 3.05) is 11.9 Å². The van der Waals surface area contributed by atoms with Crippen LogP contribution in [0.3, 0.4) is 0 Å². The van der Waals surface area contributed by atoms with Crippen LogP contribution in [0.2, 0.25) is 0 Å². The number of hydrogen-bond donors (Lipinski definition) is 1. The molecular formula is C12H14N2O5. The quantitative estimate of drug-likeness (QED) is 0.481. The van der Waals surface area contributed by atoms with E-state index in [1.54, 1.807) is 6.07 Å². The molecule has 0 aliphatic rings. The lowest BCUT2D eigenvalue weighted by atomic mass is 10.2. The Bertz CT molecular complexity index is 487. The summed E-state index contributed by atoms with van der Waals surface area (Å²) >= 11 is 0. The molecule has 102 valence electrons. The van der Waals surface area contributed by atoms with Crippen molar-refractivity contribution in [3.63, 3.8) is 0 Å². The number of nitrogens with zero attached hydrogens (tertiary/aromatic N) is 1. The average Bonchev–Trinajstić information content (AvgIpc) is 2.37. The summed E-state index contributed by atoms with van der Waals surface area (Å²) in [6.07, 6.45) is 0.864. The Kier molecular flexibility index (Phi) is 5.46. The summed E-state index contributed by atoms with van der Waals surface area (Å²) in [6.45, 7) is 1.36. The van der Waals surface area contributed by atoms with E-state index < -0.39 is 23.4 Å². The van der Waals surface area contributed by atoms with Crippen LogP contribution in [0.5, 0.6) is 0 Å². The molecule has 0 saturated heterocycles. The van der Waals surface area contributed by atoms with Crippen LogP contribution in [0.25, 0.3) is 0 Å². The van der Waals surface area contributed by atoms with Crippen molar-refractivity contribution in [1.29, 1.82) is 0 Å². The van der Waals surface area contributed by atoms with Crippen molar-refractivity contribution in [3.8, 4) is 0 Å². The first kappa shape index (κ1) is 14.6. The fourth-order valence-electron chi connectivity index (χ4n) is 1.35. The van der Waals surface area contributed by atoms with Crippen molar-refractivity contribution in [2.45, 2.75) is 19.8 Å². The smallest absolute Gasteiger partial charge is 0.306 e. The van der Waals surface area contributed by atoms with Crippen LogP contribution >= 0.6 is 0 Å². The fourth-order valence-corrected chi connectivity index (χ4v) is 1.35. The second-order valence-corrected chi connectivity index (χ2v) is 3.73. The molecular weight excluding hydrogens is 252 g/mol. The minimum absolute atomic E-state index is 0.0732. The van der Waals surface area contributed by atoms with E-state index in [1.807, 2.05) is 6.92 Å². The van der Waals surface area contributed by atoms with Gasteiger partial charge in [0.05, 0.1) is 4.92 Å².